The minimum absolute atomic E-state index is 0.183. The van der Waals surface area contributed by atoms with Gasteiger partial charge in [0.25, 0.3) is 0 Å². The molecule has 0 bridgehead atoms. The molecule has 2 aromatic carbocycles. The number of nitrogens with two attached hydrogens (primary N) is 1. The molecule has 2 N–H and O–H groups in total. The maximum Gasteiger partial charge on any atom is 0.310 e. The van der Waals surface area contributed by atoms with Gasteiger partial charge in [-0.2, -0.15) is 0 Å². The predicted octanol–water partition coefficient (Wildman–Crippen LogP) is 5.74. The summed E-state index contributed by atoms with van der Waals surface area (Å²) in [7, 11) is 0. The van der Waals surface area contributed by atoms with E-state index in [0.29, 0.717) is 31.5 Å². The van der Waals surface area contributed by atoms with Crippen LogP contribution < -0.4 is 10.5 Å². The van der Waals surface area contributed by atoms with E-state index in [1.54, 1.807) is 6.20 Å². The first kappa shape index (κ1) is 24.5. The van der Waals surface area contributed by atoms with Gasteiger partial charge in [-0.15, -0.1) is 0 Å². The maximum absolute atomic E-state index is 12.1. The number of pyridine rings is 1. The third kappa shape index (κ3) is 5.54. The third-order valence-electron chi connectivity index (χ3n) is 6.05. The average Bonchev–Trinajstić information content (AvgIpc) is 3.28. The molecule has 0 atom stereocenters. The summed E-state index contributed by atoms with van der Waals surface area (Å²) in [6, 6.07) is 16.8. The highest BCUT2D eigenvalue weighted by molar-refractivity contribution is 5.96. The van der Waals surface area contributed by atoms with Crippen molar-refractivity contribution < 1.29 is 14.3 Å². The van der Waals surface area contributed by atoms with Crippen molar-refractivity contribution in [1.29, 1.82) is 0 Å². The maximum atomic E-state index is 12.1. The van der Waals surface area contributed by atoms with E-state index < -0.39 is 0 Å². The second kappa shape index (κ2) is 10.7. The van der Waals surface area contributed by atoms with Crippen molar-refractivity contribution >= 4 is 16.9 Å². The molecule has 182 valence electrons. The normalized spacial score (nSPS) is 11.3. The standard InChI is InChI=1S/C29H33N3O3/c1-5-34-29(33)16-23-7-6-20(4)12-28(23)35-18-21-13-26(22-8-10-31-24(15-22)17-30)25-9-11-32(19(2)3)27(25)14-21/h6-15,19H,5,16-18,30H2,1-4H3. The van der Waals surface area contributed by atoms with Gasteiger partial charge in [-0.1, -0.05) is 12.1 Å². The molecule has 4 rings (SSSR count). The van der Waals surface area contributed by atoms with E-state index in [4.69, 9.17) is 15.2 Å². The van der Waals surface area contributed by atoms with Gasteiger partial charge in [-0.05, 0) is 86.3 Å². The Balaban J connectivity index is 1.72. The van der Waals surface area contributed by atoms with Crippen molar-refractivity contribution in [3.05, 3.63) is 83.3 Å². The smallest absolute Gasteiger partial charge is 0.310 e. The molecule has 0 radical (unpaired) electrons. The second-order valence-electron chi connectivity index (χ2n) is 9.01. The lowest BCUT2D eigenvalue weighted by molar-refractivity contribution is -0.142. The number of nitrogens with zero attached hydrogens (tertiary/aromatic N) is 2. The fraction of sp³-hybridized carbons (Fsp3) is 0.310. The van der Waals surface area contributed by atoms with Gasteiger partial charge in [0.2, 0.25) is 0 Å². The van der Waals surface area contributed by atoms with Crippen LogP contribution in [0.5, 0.6) is 5.75 Å². The number of aromatic nitrogens is 2. The number of carbonyl (C=O) groups is 1. The van der Waals surface area contributed by atoms with Gasteiger partial charge in [0.1, 0.15) is 12.4 Å². The Bertz CT molecular complexity index is 1340. The van der Waals surface area contributed by atoms with Gasteiger partial charge in [0, 0.05) is 41.4 Å². The fourth-order valence-corrected chi connectivity index (χ4v) is 4.32. The summed E-state index contributed by atoms with van der Waals surface area (Å²) in [6.07, 6.45) is 4.12. The first-order valence-electron chi connectivity index (χ1n) is 12.1. The fourth-order valence-electron chi connectivity index (χ4n) is 4.32. The number of carbonyl (C=O) groups excluding carboxylic acids is 1. The number of rotatable bonds is 9. The first-order valence-corrected chi connectivity index (χ1v) is 12.1. The molecule has 0 spiro atoms. The van der Waals surface area contributed by atoms with Crippen molar-refractivity contribution in [2.24, 2.45) is 5.73 Å². The molecule has 0 amide bonds. The molecule has 0 saturated heterocycles. The highest BCUT2D eigenvalue weighted by Crippen LogP contribution is 2.33. The van der Waals surface area contributed by atoms with Crippen molar-refractivity contribution in [2.45, 2.75) is 53.3 Å². The van der Waals surface area contributed by atoms with E-state index in [1.165, 1.54) is 5.39 Å². The van der Waals surface area contributed by atoms with Crippen LogP contribution in [0.15, 0.2) is 60.9 Å². The zero-order chi connectivity index (χ0) is 24.9. The third-order valence-corrected chi connectivity index (χ3v) is 6.05. The Hall–Kier alpha value is -3.64. The van der Waals surface area contributed by atoms with Gasteiger partial charge in [-0.3, -0.25) is 9.78 Å². The molecule has 4 aromatic rings. The van der Waals surface area contributed by atoms with E-state index in [-0.39, 0.29) is 12.4 Å². The zero-order valence-corrected chi connectivity index (χ0v) is 20.9. The lowest BCUT2D eigenvalue weighted by atomic mass is 9.99. The highest BCUT2D eigenvalue weighted by Gasteiger charge is 2.15. The Morgan fingerprint density at radius 2 is 1.94 bits per heavy atom. The minimum atomic E-state index is -0.256. The molecule has 0 unspecified atom stereocenters. The number of hydrogen-bond donors (Lipinski definition) is 1. The SMILES string of the molecule is CCOC(=O)Cc1ccc(C)cc1OCc1cc(-c2ccnc(CN)c2)c2ccn(C(C)C)c2c1. The van der Waals surface area contributed by atoms with Gasteiger partial charge < -0.3 is 19.8 Å². The van der Waals surface area contributed by atoms with Crippen LogP contribution in [0.3, 0.4) is 0 Å². The Morgan fingerprint density at radius 3 is 2.69 bits per heavy atom. The lowest BCUT2D eigenvalue weighted by Gasteiger charge is -2.16. The summed E-state index contributed by atoms with van der Waals surface area (Å²) in [4.78, 5) is 16.5. The van der Waals surface area contributed by atoms with Crippen LogP contribution in [-0.2, 0) is 29.1 Å². The molecule has 0 aliphatic heterocycles. The summed E-state index contributed by atoms with van der Waals surface area (Å²) >= 11 is 0. The van der Waals surface area contributed by atoms with Gasteiger partial charge in [-0.25, -0.2) is 0 Å². The van der Waals surface area contributed by atoms with Crippen LogP contribution >= 0.6 is 0 Å². The molecular weight excluding hydrogens is 438 g/mol. The lowest BCUT2D eigenvalue weighted by Crippen LogP contribution is -2.09. The first-order chi connectivity index (χ1) is 16.9. The van der Waals surface area contributed by atoms with Gasteiger partial charge >= 0.3 is 5.97 Å². The van der Waals surface area contributed by atoms with E-state index >= 15 is 0 Å². The minimum Gasteiger partial charge on any atom is -0.489 e. The van der Waals surface area contributed by atoms with Crippen molar-refractivity contribution in [1.82, 2.24) is 9.55 Å². The van der Waals surface area contributed by atoms with Crippen molar-refractivity contribution in [2.75, 3.05) is 6.61 Å². The Labute approximate surface area is 206 Å². The van der Waals surface area contributed by atoms with Gasteiger partial charge in [0.15, 0.2) is 0 Å². The molecule has 6 heteroatoms. The van der Waals surface area contributed by atoms with Crippen molar-refractivity contribution in [3.8, 4) is 16.9 Å². The number of aryl methyl sites for hydroxylation is 1. The predicted molar refractivity (Wildman–Crippen MR) is 139 cm³/mol. The summed E-state index contributed by atoms with van der Waals surface area (Å²) in [6.45, 7) is 9.30. The molecular formula is C29H33N3O3. The highest BCUT2D eigenvalue weighted by atomic mass is 16.5. The average molecular weight is 472 g/mol. The van der Waals surface area contributed by atoms with E-state index in [1.807, 2.05) is 44.2 Å². The number of hydrogen-bond acceptors (Lipinski definition) is 5. The summed E-state index contributed by atoms with van der Waals surface area (Å²) in [5, 5.41) is 1.18. The molecule has 35 heavy (non-hydrogen) atoms. The molecule has 6 nitrogen and oxygen atoms in total. The molecule has 2 heterocycles. The molecule has 0 fully saturated rings. The zero-order valence-electron chi connectivity index (χ0n) is 20.9. The molecule has 0 saturated carbocycles. The summed E-state index contributed by atoms with van der Waals surface area (Å²) in [5.41, 5.74) is 13.0. The van der Waals surface area contributed by atoms with Crippen LogP contribution in [0, 0.1) is 6.92 Å². The van der Waals surface area contributed by atoms with Crippen LogP contribution in [0.1, 0.15) is 49.2 Å². The van der Waals surface area contributed by atoms with Gasteiger partial charge in [0.05, 0.1) is 18.7 Å². The van der Waals surface area contributed by atoms with Crippen LogP contribution in [-0.4, -0.2) is 22.1 Å². The van der Waals surface area contributed by atoms with E-state index in [2.05, 4.69) is 47.8 Å². The van der Waals surface area contributed by atoms with E-state index in [9.17, 15) is 4.79 Å². The number of esters is 1. The monoisotopic (exact) mass is 471 g/mol. The van der Waals surface area contributed by atoms with Crippen LogP contribution in [0.4, 0.5) is 0 Å². The molecule has 0 aliphatic carbocycles. The Kier molecular flexibility index (Phi) is 7.51. The second-order valence-corrected chi connectivity index (χ2v) is 9.01. The Morgan fingerprint density at radius 1 is 1.11 bits per heavy atom. The summed E-state index contributed by atoms with van der Waals surface area (Å²) in [5.74, 6) is 0.446. The molecule has 2 aromatic heterocycles. The number of fused-ring (bicyclic) bond motifs is 1. The van der Waals surface area contributed by atoms with Crippen LogP contribution in [0.25, 0.3) is 22.0 Å². The topological polar surface area (TPSA) is 79.4 Å². The largest absolute Gasteiger partial charge is 0.489 e. The van der Waals surface area contributed by atoms with Crippen molar-refractivity contribution in [3.63, 3.8) is 0 Å². The number of benzene rings is 2. The number of ether oxygens (including phenoxy) is 2. The summed E-state index contributed by atoms with van der Waals surface area (Å²) < 4.78 is 13.7. The molecule has 0 aliphatic rings. The van der Waals surface area contributed by atoms with E-state index in [0.717, 1.165) is 39.0 Å². The quantitative estimate of drug-likeness (QED) is 0.315. The van der Waals surface area contributed by atoms with Crippen LogP contribution in [0.2, 0.25) is 0 Å².